The number of aliphatic hydroxyl groups excluding tert-OH is 6. The Morgan fingerprint density at radius 1 is 1.07 bits per heavy atom. The van der Waals surface area contributed by atoms with E-state index in [-0.39, 0.29) is 6.42 Å². The second-order valence-corrected chi connectivity index (χ2v) is 7.47. The van der Waals surface area contributed by atoms with E-state index in [9.17, 15) is 20.4 Å². The molecule has 2 aliphatic heterocycles. The molecule has 5 atom stereocenters. The van der Waals surface area contributed by atoms with E-state index < -0.39 is 55.8 Å². The highest BCUT2D eigenvalue weighted by Gasteiger charge is 2.51. The van der Waals surface area contributed by atoms with Gasteiger partial charge in [-0.2, -0.15) is 0 Å². The van der Waals surface area contributed by atoms with E-state index in [0.717, 1.165) is 6.54 Å². The number of amidine groups is 1. The third kappa shape index (κ3) is 5.36. The Balaban J connectivity index is 0.000000239. The zero-order valence-corrected chi connectivity index (χ0v) is 15.5. The molecule has 3 aliphatic rings. The molecule has 0 unspecified atom stereocenters. The Hall–Kier alpha value is -0.850. The summed E-state index contributed by atoms with van der Waals surface area (Å²) < 4.78 is 0. The van der Waals surface area contributed by atoms with Crippen LogP contribution >= 0.6 is 0 Å². The third-order valence-electron chi connectivity index (χ3n) is 5.45. The maximum Gasteiger partial charge on any atom is 0.118 e. The van der Waals surface area contributed by atoms with Crippen LogP contribution in [-0.2, 0) is 0 Å². The van der Waals surface area contributed by atoms with Gasteiger partial charge in [0.25, 0.3) is 0 Å². The van der Waals surface area contributed by atoms with E-state index in [1.165, 1.54) is 38.2 Å². The molecule has 10 nitrogen and oxygen atoms in total. The molecule has 1 saturated carbocycles. The lowest BCUT2D eigenvalue weighted by Crippen LogP contribution is -2.68. The summed E-state index contributed by atoms with van der Waals surface area (Å²) in [5.74, 6) is 1.38. The smallest absolute Gasteiger partial charge is 0.118 e. The summed E-state index contributed by atoms with van der Waals surface area (Å²) in [6, 6.07) is -1.60. The molecule has 0 radical (unpaired) electrons. The van der Waals surface area contributed by atoms with Crippen LogP contribution in [0.3, 0.4) is 0 Å². The molecule has 27 heavy (non-hydrogen) atoms. The highest BCUT2D eigenvalue weighted by Crippen LogP contribution is 2.29. The van der Waals surface area contributed by atoms with Gasteiger partial charge >= 0.3 is 0 Å². The predicted molar refractivity (Wildman–Crippen MR) is 97.3 cm³/mol. The lowest BCUT2D eigenvalue weighted by molar-refractivity contribution is -0.207. The fraction of sp³-hybridized carbons (Fsp3) is 0.941. The van der Waals surface area contributed by atoms with Gasteiger partial charge in [0.1, 0.15) is 17.8 Å². The molecule has 158 valence electrons. The third-order valence-corrected chi connectivity index (χ3v) is 5.45. The quantitative estimate of drug-likeness (QED) is 0.236. The van der Waals surface area contributed by atoms with Gasteiger partial charge in [-0.1, -0.05) is 0 Å². The van der Waals surface area contributed by atoms with Crippen molar-refractivity contribution in [1.29, 1.82) is 0 Å². The number of aliphatic hydroxyl groups is 7. The first kappa shape index (κ1) is 22.4. The molecular formula is C17H33N3O7. The fourth-order valence-electron chi connectivity index (χ4n) is 3.75. The highest BCUT2D eigenvalue weighted by molar-refractivity contribution is 5.84. The van der Waals surface area contributed by atoms with Crippen LogP contribution in [0.4, 0.5) is 0 Å². The number of hydrogen-bond donors (Lipinski definition) is 8. The van der Waals surface area contributed by atoms with Crippen molar-refractivity contribution in [2.75, 3.05) is 39.5 Å². The van der Waals surface area contributed by atoms with Crippen molar-refractivity contribution in [2.45, 2.75) is 61.7 Å². The molecule has 2 heterocycles. The monoisotopic (exact) mass is 391 g/mol. The summed E-state index contributed by atoms with van der Waals surface area (Å²) >= 11 is 0. The molecular weight excluding hydrogens is 358 g/mol. The van der Waals surface area contributed by atoms with Gasteiger partial charge in [0.2, 0.25) is 0 Å². The number of nitrogens with one attached hydrogen (secondary N) is 1. The van der Waals surface area contributed by atoms with Gasteiger partial charge in [-0.3, -0.25) is 4.99 Å². The maximum absolute atomic E-state index is 9.93. The Labute approximate surface area is 158 Å². The van der Waals surface area contributed by atoms with Crippen LogP contribution < -0.4 is 5.32 Å². The molecule has 10 heteroatoms. The minimum atomic E-state index is -1.94. The van der Waals surface area contributed by atoms with Gasteiger partial charge in [0.05, 0.1) is 37.8 Å². The van der Waals surface area contributed by atoms with Crippen molar-refractivity contribution in [3.8, 4) is 0 Å². The summed E-state index contributed by atoms with van der Waals surface area (Å²) in [6.07, 6.45) is -1.07. The van der Waals surface area contributed by atoms with Crippen molar-refractivity contribution in [1.82, 2.24) is 10.2 Å². The van der Waals surface area contributed by atoms with E-state index in [1.54, 1.807) is 0 Å². The second-order valence-electron chi connectivity index (χ2n) is 7.47. The molecule has 3 rings (SSSR count). The largest absolute Gasteiger partial charge is 0.395 e. The van der Waals surface area contributed by atoms with E-state index in [1.807, 2.05) is 0 Å². The molecule has 0 spiro atoms. The summed E-state index contributed by atoms with van der Waals surface area (Å²) in [7, 11) is 0. The average molecular weight is 391 g/mol. The summed E-state index contributed by atoms with van der Waals surface area (Å²) in [4.78, 5) is 6.85. The molecule has 0 bridgehead atoms. The van der Waals surface area contributed by atoms with Crippen LogP contribution in [0.1, 0.15) is 25.7 Å². The van der Waals surface area contributed by atoms with Gasteiger partial charge in [-0.05, 0) is 19.3 Å². The molecule has 1 saturated heterocycles. The topological polar surface area (TPSA) is 169 Å². The van der Waals surface area contributed by atoms with Crippen molar-refractivity contribution in [3.63, 3.8) is 0 Å². The van der Waals surface area contributed by atoms with Gasteiger partial charge in [-0.15, -0.1) is 0 Å². The Kier molecular flexibility index (Phi) is 8.38. The SMILES string of the molecule is C1CN=C2CCCN2C1.OCC(CO)N[C@H]1C[C@](O)(CO)[C@@H](O)[C@H](O)[C@H]1O. The standard InChI is InChI=1S/C10H21NO7.C7H12N2/c12-2-5(3-13)11-6-1-10(18,4-14)9(17)8(16)7(6)15;1-3-7-8-4-2-6-9(7)5-1/h5-9,11-18H,1-4H2;1-6H2/t6-,7-,8+,9-,10-;/m0./s1. The van der Waals surface area contributed by atoms with Crippen LogP contribution in [0.5, 0.6) is 0 Å². The first-order valence-corrected chi connectivity index (χ1v) is 9.49. The minimum absolute atomic E-state index is 0.223. The number of nitrogens with zero attached hydrogens (tertiary/aromatic N) is 2. The first-order valence-electron chi connectivity index (χ1n) is 9.49. The summed E-state index contributed by atoms with van der Waals surface area (Å²) in [5, 5.41) is 68.4. The number of fused-ring (bicyclic) bond motifs is 1. The lowest BCUT2D eigenvalue weighted by atomic mass is 9.76. The van der Waals surface area contributed by atoms with Crippen molar-refractivity contribution < 1.29 is 35.7 Å². The van der Waals surface area contributed by atoms with Crippen molar-refractivity contribution in [2.24, 2.45) is 4.99 Å². The minimum Gasteiger partial charge on any atom is -0.395 e. The molecule has 0 amide bonds. The van der Waals surface area contributed by atoms with Crippen molar-refractivity contribution in [3.05, 3.63) is 0 Å². The van der Waals surface area contributed by atoms with E-state index in [4.69, 9.17) is 15.3 Å². The average Bonchev–Trinajstić information content (AvgIpc) is 3.17. The lowest BCUT2D eigenvalue weighted by Gasteiger charge is -2.46. The molecule has 0 aromatic rings. The normalized spacial score (nSPS) is 36.1. The van der Waals surface area contributed by atoms with Crippen LogP contribution in [-0.4, -0.2) is 122 Å². The predicted octanol–water partition coefficient (Wildman–Crippen LogP) is -3.61. The van der Waals surface area contributed by atoms with E-state index in [2.05, 4.69) is 15.2 Å². The zero-order chi connectivity index (χ0) is 20.0. The van der Waals surface area contributed by atoms with E-state index >= 15 is 0 Å². The molecule has 8 N–H and O–H groups in total. The second kappa shape index (κ2) is 10.1. The van der Waals surface area contributed by atoms with Gasteiger partial charge in [-0.25, -0.2) is 0 Å². The van der Waals surface area contributed by atoms with Crippen LogP contribution in [0.2, 0.25) is 0 Å². The van der Waals surface area contributed by atoms with Crippen LogP contribution in [0.25, 0.3) is 0 Å². The van der Waals surface area contributed by atoms with Crippen LogP contribution in [0.15, 0.2) is 4.99 Å². The Morgan fingerprint density at radius 2 is 1.74 bits per heavy atom. The number of rotatable bonds is 5. The fourth-order valence-corrected chi connectivity index (χ4v) is 3.75. The molecule has 0 aromatic heterocycles. The Bertz CT molecular complexity index is 491. The van der Waals surface area contributed by atoms with Gasteiger partial charge in [0.15, 0.2) is 0 Å². The highest BCUT2D eigenvalue weighted by atomic mass is 16.4. The molecule has 1 aliphatic carbocycles. The zero-order valence-electron chi connectivity index (χ0n) is 15.5. The summed E-state index contributed by atoms with van der Waals surface area (Å²) in [6.45, 7) is 2.04. The summed E-state index contributed by atoms with van der Waals surface area (Å²) in [5.41, 5.74) is -1.94. The van der Waals surface area contributed by atoms with Crippen molar-refractivity contribution >= 4 is 5.84 Å². The molecule has 2 fully saturated rings. The van der Waals surface area contributed by atoms with E-state index in [0.29, 0.717) is 0 Å². The molecule has 0 aromatic carbocycles. The Morgan fingerprint density at radius 3 is 2.33 bits per heavy atom. The van der Waals surface area contributed by atoms with Gasteiger partial charge < -0.3 is 46.0 Å². The first-order chi connectivity index (χ1) is 12.9. The number of aliphatic imine (C=N–C) groups is 1. The van der Waals surface area contributed by atoms with Crippen LogP contribution in [0, 0.1) is 0 Å². The van der Waals surface area contributed by atoms with Gasteiger partial charge in [0, 0.05) is 32.1 Å². The number of hydrogen-bond acceptors (Lipinski definition) is 10. The maximum atomic E-state index is 9.93.